The third-order valence-corrected chi connectivity index (χ3v) is 4.25. The Morgan fingerprint density at radius 2 is 2.00 bits per heavy atom. The molecule has 6 heteroatoms. The fraction of sp³-hybridized carbons (Fsp3) is 0.571. The second-order valence-corrected chi connectivity index (χ2v) is 5.46. The molecule has 0 aliphatic carbocycles. The number of aryl methyl sites for hydroxylation is 3. The monoisotopic (exact) mass is 295 g/mol. The molecule has 0 radical (unpaired) electrons. The highest BCUT2D eigenvalue weighted by molar-refractivity contribution is 6.30. The molecule has 5 nitrogen and oxygen atoms in total. The summed E-state index contributed by atoms with van der Waals surface area (Å²) in [5.74, 6) is 0. The van der Waals surface area contributed by atoms with Crippen molar-refractivity contribution in [2.75, 3.05) is 6.54 Å². The van der Waals surface area contributed by atoms with E-state index in [1.165, 1.54) is 11.3 Å². The van der Waals surface area contributed by atoms with Crippen LogP contribution in [-0.4, -0.2) is 26.1 Å². The van der Waals surface area contributed by atoms with Gasteiger partial charge in [-0.2, -0.15) is 10.2 Å². The Bertz CT molecular complexity index is 599. The summed E-state index contributed by atoms with van der Waals surface area (Å²) in [5, 5.41) is 12.9. The lowest BCUT2D eigenvalue weighted by Crippen LogP contribution is -2.23. The molecule has 20 heavy (non-hydrogen) atoms. The molecule has 0 saturated carbocycles. The highest BCUT2D eigenvalue weighted by atomic mass is 35.5. The quantitative estimate of drug-likeness (QED) is 0.921. The predicted octanol–water partition coefficient (Wildman–Crippen LogP) is 2.32. The van der Waals surface area contributed by atoms with Crippen LogP contribution in [0.25, 0.3) is 0 Å². The highest BCUT2D eigenvalue weighted by Crippen LogP contribution is 2.27. The first-order chi connectivity index (χ1) is 9.45. The number of hydrogen-bond acceptors (Lipinski definition) is 3. The summed E-state index contributed by atoms with van der Waals surface area (Å²) >= 11 is 6.34. The molecule has 0 bridgehead atoms. The van der Waals surface area contributed by atoms with E-state index < -0.39 is 0 Å². The molecule has 1 atom stereocenters. The van der Waals surface area contributed by atoms with Gasteiger partial charge in [-0.15, -0.1) is 0 Å². The molecule has 2 heterocycles. The number of hydrogen-bond donors (Lipinski definition) is 1. The van der Waals surface area contributed by atoms with Crippen molar-refractivity contribution in [3.05, 3.63) is 33.9 Å². The maximum Gasteiger partial charge on any atom is 0.130 e. The third-order valence-electron chi connectivity index (χ3n) is 3.78. The molecule has 0 fully saturated rings. The Balaban J connectivity index is 2.32. The average molecular weight is 296 g/mol. The SMILES string of the molecule is CCNC(Cc1c(C)nn(C)c1Cl)c1cnn(C)c1C. The summed E-state index contributed by atoms with van der Waals surface area (Å²) < 4.78 is 3.63. The van der Waals surface area contributed by atoms with Crippen molar-refractivity contribution in [3.63, 3.8) is 0 Å². The van der Waals surface area contributed by atoms with Gasteiger partial charge in [0.2, 0.25) is 0 Å². The molecular formula is C14H22ClN5. The van der Waals surface area contributed by atoms with Gasteiger partial charge < -0.3 is 5.32 Å². The summed E-state index contributed by atoms with van der Waals surface area (Å²) in [7, 11) is 3.83. The fourth-order valence-corrected chi connectivity index (χ4v) is 2.76. The second-order valence-electron chi connectivity index (χ2n) is 5.10. The van der Waals surface area contributed by atoms with Gasteiger partial charge in [0.05, 0.1) is 11.9 Å². The Labute approximate surface area is 124 Å². The molecule has 2 aromatic heterocycles. The van der Waals surface area contributed by atoms with Gasteiger partial charge >= 0.3 is 0 Å². The summed E-state index contributed by atoms with van der Waals surface area (Å²) in [5.41, 5.74) is 4.48. The molecule has 2 aromatic rings. The molecule has 0 saturated heterocycles. The van der Waals surface area contributed by atoms with Crippen molar-refractivity contribution in [2.24, 2.45) is 14.1 Å². The number of rotatable bonds is 5. The van der Waals surface area contributed by atoms with Gasteiger partial charge in [0.15, 0.2) is 0 Å². The fourth-order valence-electron chi connectivity index (χ4n) is 2.51. The number of likely N-dealkylation sites (N-methyl/N-ethyl adjacent to an activating group) is 1. The van der Waals surface area contributed by atoms with E-state index in [4.69, 9.17) is 11.6 Å². The van der Waals surface area contributed by atoms with Crippen molar-refractivity contribution < 1.29 is 0 Å². The van der Waals surface area contributed by atoms with Crippen LogP contribution < -0.4 is 5.32 Å². The molecule has 0 spiro atoms. The zero-order valence-corrected chi connectivity index (χ0v) is 13.5. The smallest absolute Gasteiger partial charge is 0.130 e. The highest BCUT2D eigenvalue weighted by Gasteiger charge is 2.21. The topological polar surface area (TPSA) is 47.7 Å². The van der Waals surface area contributed by atoms with E-state index >= 15 is 0 Å². The van der Waals surface area contributed by atoms with E-state index in [0.717, 1.165) is 24.2 Å². The largest absolute Gasteiger partial charge is 0.310 e. The van der Waals surface area contributed by atoms with Gasteiger partial charge in [0.1, 0.15) is 5.15 Å². The van der Waals surface area contributed by atoms with Crippen LogP contribution in [0.15, 0.2) is 6.20 Å². The van der Waals surface area contributed by atoms with Crippen LogP contribution in [0.1, 0.15) is 35.5 Å². The van der Waals surface area contributed by atoms with Gasteiger partial charge in [-0.1, -0.05) is 18.5 Å². The van der Waals surface area contributed by atoms with E-state index in [9.17, 15) is 0 Å². The van der Waals surface area contributed by atoms with Crippen LogP contribution in [-0.2, 0) is 20.5 Å². The van der Waals surface area contributed by atoms with Gasteiger partial charge in [0, 0.05) is 37.0 Å². The van der Waals surface area contributed by atoms with Crippen molar-refractivity contribution in [1.29, 1.82) is 0 Å². The Morgan fingerprint density at radius 3 is 2.45 bits per heavy atom. The molecule has 0 amide bonds. The van der Waals surface area contributed by atoms with Crippen LogP contribution in [0.5, 0.6) is 0 Å². The van der Waals surface area contributed by atoms with E-state index in [2.05, 4.69) is 29.4 Å². The lowest BCUT2D eigenvalue weighted by molar-refractivity contribution is 0.545. The first-order valence-electron chi connectivity index (χ1n) is 6.85. The summed E-state index contributed by atoms with van der Waals surface area (Å²) in [6.45, 7) is 7.09. The van der Waals surface area contributed by atoms with Gasteiger partial charge in [-0.05, 0) is 26.8 Å². The Morgan fingerprint density at radius 1 is 1.30 bits per heavy atom. The van der Waals surface area contributed by atoms with E-state index in [-0.39, 0.29) is 6.04 Å². The van der Waals surface area contributed by atoms with Crippen LogP contribution in [0.3, 0.4) is 0 Å². The summed E-state index contributed by atoms with van der Waals surface area (Å²) in [4.78, 5) is 0. The first-order valence-corrected chi connectivity index (χ1v) is 7.23. The minimum atomic E-state index is 0.203. The normalized spacial score (nSPS) is 12.9. The van der Waals surface area contributed by atoms with E-state index in [1.54, 1.807) is 4.68 Å². The molecule has 0 aliphatic heterocycles. The lowest BCUT2D eigenvalue weighted by atomic mass is 10.00. The molecule has 1 unspecified atom stereocenters. The Hall–Kier alpha value is -1.33. The zero-order chi connectivity index (χ0) is 14.9. The van der Waals surface area contributed by atoms with Gasteiger partial charge in [-0.25, -0.2) is 0 Å². The van der Waals surface area contributed by atoms with Crippen LogP contribution in [0.2, 0.25) is 5.15 Å². The number of nitrogens with zero attached hydrogens (tertiary/aromatic N) is 4. The van der Waals surface area contributed by atoms with E-state index in [1.807, 2.05) is 31.9 Å². The maximum atomic E-state index is 6.34. The molecular weight excluding hydrogens is 274 g/mol. The maximum absolute atomic E-state index is 6.34. The number of aromatic nitrogens is 4. The van der Waals surface area contributed by atoms with Crippen LogP contribution in [0, 0.1) is 13.8 Å². The standard InChI is InChI=1S/C14H22ClN5/c1-6-16-13(12-8-17-19(4)10(12)3)7-11-9(2)18-20(5)14(11)15/h8,13,16H,6-7H2,1-5H3. The minimum absolute atomic E-state index is 0.203. The average Bonchev–Trinajstić information content (AvgIpc) is 2.84. The van der Waals surface area contributed by atoms with Crippen molar-refractivity contribution in [1.82, 2.24) is 24.9 Å². The summed E-state index contributed by atoms with van der Waals surface area (Å²) in [6, 6.07) is 0.203. The van der Waals surface area contributed by atoms with Crippen molar-refractivity contribution in [2.45, 2.75) is 33.2 Å². The molecule has 0 aromatic carbocycles. The second kappa shape index (κ2) is 5.97. The third kappa shape index (κ3) is 2.74. The Kier molecular flexibility index (Phi) is 4.50. The van der Waals surface area contributed by atoms with Gasteiger partial charge in [-0.3, -0.25) is 9.36 Å². The van der Waals surface area contributed by atoms with E-state index in [0.29, 0.717) is 5.15 Å². The number of nitrogens with one attached hydrogen (secondary N) is 1. The molecule has 110 valence electrons. The van der Waals surface area contributed by atoms with Crippen molar-refractivity contribution in [3.8, 4) is 0 Å². The summed E-state index contributed by atoms with van der Waals surface area (Å²) in [6.07, 6.45) is 2.75. The molecule has 0 aliphatic rings. The van der Waals surface area contributed by atoms with Crippen LogP contribution in [0.4, 0.5) is 0 Å². The molecule has 2 rings (SSSR count). The van der Waals surface area contributed by atoms with Crippen molar-refractivity contribution >= 4 is 11.6 Å². The zero-order valence-electron chi connectivity index (χ0n) is 12.7. The minimum Gasteiger partial charge on any atom is -0.310 e. The first kappa shape index (κ1) is 15.1. The number of halogens is 1. The lowest BCUT2D eigenvalue weighted by Gasteiger charge is -2.18. The predicted molar refractivity (Wildman–Crippen MR) is 81.0 cm³/mol. The van der Waals surface area contributed by atoms with Crippen LogP contribution >= 0.6 is 11.6 Å². The molecule has 1 N–H and O–H groups in total. The van der Waals surface area contributed by atoms with Gasteiger partial charge in [0.25, 0.3) is 0 Å².